The van der Waals surface area contributed by atoms with Gasteiger partial charge in [-0.15, -0.1) is 0 Å². The van der Waals surface area contributed by atoms with Crippen molar-refractivity contribution >= 4 is 17.9 Å². The Hall–Kier alpha value is -2.63. The first kappa shape index (κ1) is 17.8. The summed E-state index contributed by atoms with van der Waals surface area (Å²) in [6.45, 7) is 4.04. The van der Waals surface area contributed by atoms with Crippen molar-refractivity contribution < 1.29 is 29.7 Å². The SMILES string of the molecule is C=CC(=O)O.CC(=O)O.O=C(O)c1ccccc1. The van der Waals surface area contributed by atoms with Gasteiger partial charge < -0.3 is 15.3 Å². The van der Waals surface area contributed by atoms with Gasteiger partial charge in [0.05, 0.1) is 5.56 Å². The molecular formula is C12H14O6. The number of benzene rings is 1. The van der Waals surface area contributed by atoms with Crippen molar-refractivity contribution in [3.8, 4) is 0 Å². The minimum atomic E-state index is -0.981. The molecule has 0 aliphatic carbocycles. The van der Waals surface area contributed by atoms with Gasteiger partial charge in [-0.25, -0.2) is 9.59 Å². The largest absolute Gasteiger partial charge is 0.481 e. The van der Waals surface area contributed by atoms with Crippen molar-refractivity contribution in [3.05, 3.63) is 48.6 Å². The molecule has 0 aromatic heterocycles. The first-order valence-corrected chi connectivity index (χ1v) is 4.64. The van der Waals surface area contributed by atoms with Crippen LogP contribution < -0.4 is 0 Å². The van der Waals surface area contributed by atoms with Gasteiger partial charge in [0.1, 0.15) is 0 Å². The quantitative estimate of drug-likeness (QED) is 0.693. The Kier molecular flexibility index (Phi) is 10.7. The van der Waals surface area contributed by atoms with Gasteiger partial charge in [-0.1, -0.05) is 24.8 Å². The van der Waals surface area contributed by atoms with Gasteiger partial charge in [0, 0.05) is 13.0 Å². The zero-order valence-electron chi connectivity index (χ0n) is 9.74. The van der Waals surface area contributed by atoms with Gasteiger partial charge in [0.15, 0.2) is 0 Å². The molecule has 0 aliphatic rings. The Labute approximate surface area is 104 Å². The molecule has 6 heteroatoms. The molecule has 0 heterocycles. The second kappa shape index (κ2) is 10.9. The monoisotopic (exact) mass is 254 g/mol. The zero-order chi connectivity index (χ0) is 14.6. The zero-order valence-corrected chi connectivity index (χ0v) is 9.74. The van der Waals surface area contributed by atoms with E-state index in [9.17, 15) is 9.59 Å². The maximum Gasteiger partial charge on any atom is 0.335 e. The van der Waals surface area contributed by atoms with E-state index in [2.05, 4.69) is 6.58 Å². The van der Waals surface area contributed by atoms with Crippen molar-refractivity contribution in [1.29, 1.82) is 0 Å². The van der Waals surface area contributed by atoms with Gasteiger partial charge in [-0.2, -0.15) is 0 Å². The minimum Gasteiger partial charge on any atom is -0.481 e. The molecule has 0 atom stereocenters. The normalized spacial score (nSPS) is 7.61. The lowest BCUT2D eigenvalue weighted by molar-refractivity contribution is -0.134. The molecule has 0 saturated heterocycles. The Morgan fingerprint density at radius 2 is 1.39 bits per heavy atom. The van der Waals surface area contributed by atoms with E-state index >= 15 is 0 Å². The van der Waals surface area contributed by atoms with Crippen LogP contribution in [0.25, 0.3) is 0 Å². The highest BCUT2D eigenvalue weighted by Gasteiger charge is 1.96. The first-order chi connectivity index (χ1) is 8.31. The molecule has 0 aliphatic heterocycles. The van der Waals surface area contributed by atoms with E-state index < -0.39 is 17.9 Å². The molecule has 0 spiro atoms. The van der Waals surface area contributed by atoms with Gasteiger partial charge in [0.2, 0.25) is 0 Å². The lowest BCUT2D eigenvalue weighted by atomic mass is 10.2. The van der Waals surface area contributed by atoms with Crippen molar-refractivity contribution in [2.24, 2.45) is 0 Å². The summed E-state index contributed by atoms with van der Waals surface area (Å²) in [5.74, 6) is -2.69. The van der Waals surface area contributed by atoms with Crippen LogP contribution in [-0.2, 0) is 9.59 Å². The average molecular weight is 254 g/mol. The summed E-state index contributed by atoms with van der Waals surface area (Å²) in [4.78, 5) is 28.5. The Balaban J connectivity index is 0. The number of hydrogen-bond donors (Lipinski definition) is 3. The number of rotatable bonds is 2. The molecule has 0 unspecified atom stereocenters. The molecule has 3 N–H and O–H groups in total. The van der Waals surface area contributed by atoms with Crippen LogP contribution in [0.5, 0.6) is 0 Å². The van der Waals surface area contributed by atoms with Gasteiger partial charge in [-0.3, -0.25) is 4.79 Å². The van der Waals surface area contributed by atoms with Gasteiger partial charge >= 0.3 is 11.9 Å². The average Bonchev–Trinajstić information content (AvgIpc) is 2.30. The van der Waals surface area contributed by atoms with E-state index in [0.717, 1.165) is 13.0 Å². The molecule has 0 bridgehead atoms. The third-order valence-electron chi connectivity index (χ3n) is 1.20. The van der Waals surface area contributed by atoms with Crippen LogP contribution in [0.4, 0.5) is 0 Å². The van der Waals surface area contributed by atoms with Crippen LogP contribution in [0.3, 0.4) is 0 Å². The summed E-state index contributed by atoms with van der Waals surface area (Å²) in [6.07, 6.45) is 0.833. The highest BCUT2D eigenvalue weighted by molar-refractivity contribution is 5.87. The number of aliphatic carboxylic acids is 2. The Bertz CT molecular complexity index is 392. The fourth-order valence-electron chi connectivity index (χ4n) is 0.581. The first-order valence-electron chi connectivity index (χ1n) is 4.64. The molecule has 0 radical (unpaired) electrons. The van der Waals surface area contributed by atoms with Crippen molar-refractivity contribution in [2.45, 2.75) is 6.92 Å². The Morgan fingerprint density at radius 1 is 1.06 bits per heavy atom. The summed E-state index contributed by atoms with van der Waals surface area (Å²) < 4.78 is 0. The van der Waals surface area contributed by atoms with E-state index in [4.69, 9.17) is 20.1 Å². The summed E-state index contributed by atoms with van der Waals surface area (Å²) >= 11 is 0. The number of carbonyl (C=O) groups is 3. The van der Waals surface area contributed by atoms with E-state index in [1.165, 1.54) is 0 Å². The van der Waals surface area contributed by atoms with E-state index in [1.54, 1.807) is 30.3 Å². The number of aromatic carboxylic acids is 1. The van der Waals surface area contributed by atoms with E-state index in [-0.39, 0.29) is 0 Å². The summed E-state index contributed by atoms with van der Waals surface area (Å²) in [5, 5.41) is 23.4. The van der Waals surface area contributed by atoms with Crippen molar-refractivity contribution in [2.75, 3.05) is 0 Å². The molecule has 6 nitrogen and oxygen atoms in total. The van der Waals surface area contributed by atoms with Crippen LogP contribution in [-0.4, -0.2) is 33.2 Å². The second-order valence-corrected chi connectivity index (χ2v) is 2.73. The highest BCUT2D eigenvalue weighted by Crippen LogP contribution is 1.96. The molecule has 18 heavy (non-hydrogen) atoms. The van der Waals surface area contributed by atoms with Gasteiger partial charge in [0.25, 0.3) is 5.97 Å². The topological polar surface area (TPSA) is 112 Å². The number of hydrogen-bond acceptors (Lipinski definition) is 3. The van der Waals surface area contributed by atoms with Crippen molar-refractivity contribution in [1.82, 2.24) is 0 Å². The smallest absolute Gasteiger partial charge is 0.335 e. The predicted molar refractivity (Wildman–Crippen MR) is 64.5 cm³/mol. The molecule has 0 amide bonds. The lowest BCUT2D eigenvalue weighted by Crippen LogP contribution is -1.93. The third-order valence-corrected chi connectivity index (χ3v) is 1.20. The summed E-state index contributed by atoms with van der Waals surface area (Å²) in [7, 11) is 0. The molecule has 1 aromatic carbocycles. The Morgan fingerprint density at radius 3 is 1.56 bits per heavy atom. The maximum absolute atomic E-state index is 10.2. The third kappa shape index (κ3) is 15.8. The van der Waals surface area contributed by atoms with Crippen LogP contribution >= 0.6 is 0 Å². The molecule has 1 rings (SSSR count). The fourth-order valence-corrected chi connectivity index (χ4v) is 0.581. The lowest BCUT2D eigenvalue weighted by Gasteiger charge is -1.88. The molecular weight excluding hydrogens is 240 g/mol. The van der Waals surface area contributed by atoms with Crippen LogP contribution in [0.15, 0.2) is 43.0 Å². The molecule has 0 saturated carbocycles. The predicted octanol–water partition coefficient (Wildman–Crippen LogP) is 1.73. The van der Waals surface area contributed by atoms with Crippen molar-refractivity contribution in [3.63, 3.8) is 0 Å². The molecule has 0 fully saturated rings. The molecule has 1 aromatic rings. The van der Waals surface area contributed by atoms with Gasteiger partial charge in [-0.05, 0) is 12.1 Å². The maximum atomic E-state index is 10.2. The van der Waals surface area contributed by atoms with E-state index in [0.29, 0.717) is 5.56 Å². The number of carboxylic acid groups (broad SMARTS) is 3. The van der Waals surface area contributed by atoms with E-state index in [1.807, 2.05) is 0 Å². The minimum absolute atomic E-state index is 0.331. The summed E-state index contributed by atoms with van der Waals surface area (Å²) in [5.41, 5.74) is 0.331. The van der Waals surface area contributed by atoms with Crippen LogP contribution in [0, 0.1) is 0 Å². The number of carboxylic acids is 3. The second-order valence-electron chi connectivity index (χ2n) is 2.73. The fraction of sp³-hybridized carbons (Fsp3) is 0.0833. The van der Waals surface area contributed by atoms with Crippen LogP contribution in [0.2, 0.25) is 0 Å². The van der Waals surface area contributed by atoms with Crippen LogP contribution in [0.1, 0.15) is 17.3 Å². The molecule has 98 valence electrons. The standard InChI is InChI=1S/C7H6O2.C3H4O2.C2H4O2/c8-7(9)6-4-2-1-3-5-6;1-2-3(4)5;1-2(3)4/h1-5H,(H,8,9);2H,1H2,(H,4,5);1H3,(H,3,4). The summed E-state index contributed by atoms with van der Waals surface area (Å²) in [6, 6.07) is 8.30. The highest BCUT2D eigenvalue weighted by atomic mass is 16.4.